The van der Waals surface area contributed by atoms with Gasteiger partial charge in [-0.1, -0.05) is 78.4 Å². The molecule has 5 rings (SSSR count). The van der Waals surface area contributed by atoms with Crippen LogP contribution in [0.5, 0.6) is 5.88 Å². The Bertz CT molecular complexity index is 2120. The van der Waals surface area contributed by atoms with Gasteiger partial charge in [0.15, 0.2) is 11.5 Å². The highest BCUT2D eigenvalue weighted by Crippen LogP contribution is 2.34. The van der Waals surface area contributed by atoms with E-state index in [1.54, 1.807) is 53.7 Å². The van der Waals surface area contributed by atoms with Crippen LogP contribution in [-0.4, -0.2) is 42.9 Å². The van der Waals surface area contributed by atoms with Crippen molar-refractivity contribution in [1.82, 2.24) is 19.5 Å². The van der Waals surface area contributed by atoms with Gasteiger partial charge < -0.3 is 14.2 Å². The van der Waals surface area contributed by atoms with Gasteiger partial charge in [0.1, 0.15) is 23.2 Å². The van der Waals surface area contributed by atoms with Gasteiger partial charge in [0.05, 0.1) is 5.69 Å². The molecule has 5 aromatic rings. The lowest BCUT2D eigenvalue weighted by molar-refractivity contribution is 0.0594. The molecule has 0 radical (unpaired) electrons. The molecule has 0 spiro atoms. The highest BCUT2D eigenvalue weighted by Gasteiger charge is 2.30. The molecule has 3 aromatic carbocycles. The fraction of sp³-hybridized carbons (Fsp3) is 0.263. The number of benzene rings is 3. The van der Waals surface area contributed by atoms with Crippen LogP contribution in [0, 0.1) is 0 Å². The van der Waals surface area contributed by atoms with Crippen LogP contribution in [-0.2, 0) is 23.1 Å². The SMILES string of the molecule is Cn1c(=O)nc(NC(=O)OC(C)(C)C)c2c(OCc3ccccc3)nc(N(C(=O)OC(C)(C)C)c3ccc(/C=C/c4ccc(Cl)cc4)cc3)nc21. The van der Waals surface area contributed by atoms with Crippen LogP contribution >= 0.6 is 11.6 Å². The van der Waals surface area contributed by atoms with E-state index in [9.17, 15) is 14.4 Å². The molecule has 1 N–H and O–H groups in total. The minimum Gasteiger partial charge on any atom is -0.472 e. The van der Waals surface area contributed by atoms with E-state index in [0.29, 0.717) is 10.7 Å². The molecule has 0 atom stereocenters. The lowest BCUT2D eigenvalue weighted by Crippen LogP contribution is -2.35. The fourth-order valence-electron chi connectivity index (χ4n) is 4.72. The number of fused-ring (bicyclic) bond motifs is 1. The molecule has 0 aliphatic heterocycles. The zero-order chi connectivity index (χ0) is 36.9. The molecule has 2 amide bonds. The van der Waals surface area contributed by atoms with Gasteiger partial charge in [-0.05, 0) is 82.5 Å². The molecule has 0 aliphatic rings. The largest absolute Gasteiger partial charge is 0.472 e. The Morgan fingerprint density at radius 1 is 0.824 bits per heavy atom. The molecule has 13 heteroatoms. The Morgan fingerprint density at radius 2 is 1.41 bits per heavy atom. The molecular formula is C38H39ClN6O6. The minimum absolute atomic E-state index is 0.0326. The lowest BCUT2D eigenvalue weighted by Gasteiger charge is -2.27. The summed E-state index contributed by atoms with van der Waals surface area (Å²) in [7, 11) is 1.46. The Kier molecular flexibility index (Phi) is 10.8. The summed E-state index contributed by atoms with van der Waals surface area (Å²) >= 11 is 6.02. The molecule has 51 heavy (non-hydrogen) atoms. The summed E-state index contributed by atoms with van der Waals surface area (Å²) in [5.41, 5.74) is 0.622. The van der Waals surface area contributed by atoms with Crippen LogP contribution in [0.25, 0.3) is 23.2 Å². The highest BCUT2D eigenvalue weighted by atomic mass is 35.5. The number of carbonyl (C=O) groups is 2. The van der Waals surface area contributed by atoms with Crippen molar-refractivity contribution in [3.05, 3.63) is 111 Å². The molecule has 264 valence electrons. The van der Waals surface area contributed by atoms with Crippen LogP contribution < -0.4 is 20.6 Å². The number of hydrogen-bond donors (Lipinski definition) is 1. The van der Waals surface area contributed by atoms with Crippen LogP contribution in [0.15, 0.2) is 83.7 Å². The van der Waals surface area contributed by atoms with Gasteiger partial charge in [0, 0.05) is 12.1 Å². The zero-order valence-corrected chi connectivity index (χ0v) is 30.2. The maximum Gasteiger partial charge on any atom is 0.421 e. The standard InChI is InChI=1S/C38H39ClN6O6/c1-37(2,3)50-35(47)41-30-29-31(44(7)34(46)40-30)42-33(43-32(29)49-23-26-11-9-8-10-12-26)45(36(48)51-38(4,5)6)28-21-17-25(18-22-28)14-13-24-15-19-27(39)20-16-24/h8-22H,23H2,1-7H3,(H,40,41,46,47)/b14-13+. The monoisotopic (exact) mass is 710 g/mol. The number of amides is 2. The first kappa shape index (κ1) is 36.5. The van der Waals surface area contributed by atoms with E-state index in [1.807, 2.05) is 78.9 Å². The summed E-state index contributed by atoms with van der Waals surface area (Å²) in [6.07, 6.45) is 2.25. The minimum atomic E-state index is -0.874. The Hall–Kier alpha value is -5.75. The summed E-state index contributed by atoms with van der Waals surface area (Å²) in [4.78, 5) is 54.5. The van der Waals surface area contributed by atoms with Crippen molar-refractivity contribution in [2.45, 2.75) is 59.4 Å². The van der Waals surface area contributed by atoms with E-state index in [-0.39, 0.29) is 35.3 Å². The third-order valence-electron chi connectivity index (χ3n) is 7.00. The third-order valence-corrected chi connectivity index (χ3v) is 7.25. The molecule has 12 nitrogen and oxygen atoms in total. The van der Waals surface area contributed by atoms with Crippen molar-refractivity contribution in [3.63, 3.8) is 0 Å². The quantitative estimate of drug-likeness (QED) is 0.157. The molecule has 2 aromatic heterocycles. The highest BCUT2D eigenvalue weighted by molar-refractivity contribution is 6.30. The van der Waals surface area contributed by atoms with Crippen LogP contribution in [0.3, 0.4) is 0 Å². The molecular weight excluding hydrogens is 672 g/mol. The summed E-state index contributed by atoms with van der Waals surface area (Å²) < 4.78 is 18.6. The maximum atomic E-state index is 13.9. The number of rotatable bonds is 8. The van der Waals surface area contributed by atoms with Crippen LogP contribution in [0.2, 0.25) is 5.02 Å². The predicted octanol–water partition coefficient (Wildman–Crippen LogP) is 8.55. The number of ether oxygens (including phenoxy) is 3. The number of aryl methyl sites for hydroxylation is 1. The zero-order valence-electron chi connectivity index (χ0n) is 29.4. The molecule has 0 saturated heterocycles. The average Bonchev–Trinajstić information content (AvgIpc) is 3.05. The Morgan fingerprint density at radius 3 is 2.00 bits per heavy atom. The topological polar surface area (TPSA) is 138 Å². The number of anilines is 3. The van der Waals surface area contributed by atoms with Gasteiger partial charge in [0.25, 0.3) is 0 Å². The predicted molar refractivity (Wildman–Crippen MR) is 198 cm³/mol. The second-order valence-corrected chi connectivity index (χ2v) is 14.0. The molecule has 0 saturated carbocycles. The second kappa shape index (κ2) is 15.0. The van der Waals surface area contributed by atoms with Crippen molar-refractivity contribution >= 4 is 64.4 Å². The summed E-state index contributed by atoms with van der Waals surface area (Å²) in [6, 6.07) is 23.9. The van der Waals surface area contributed by atoms with E-state index in [2.05, 4.69) is 20.3 Å². The first-order valence-corrected chi connectivity index (χ1v) is 16.5. The molecule has 0 fully saturated rings. The van der Waals surface area contributed by atoms with Gasteiger partial charge >= 0.3 is 17.9 Å². The lowest BCUT2D eigenvalue weighted by atomic mass is 10.1. The normalized spacial score (nSPS) is 11.8. The second-order valence-electron chi connectivity index (χ2n) is 13.5. The fourth-order valence-corrected chi connectivity index (χ4v) is 4.84. The first-order valence-electron chi connectivity index (χ1n) is 16.1. The van der Waals surface area contributed by atoms with Gasteiger partial charge in [-0.3, -0.25) is 9.88 Å². The van der Waals surface area contributed by atoms with Gasteiger partial charge in [-0.15, -0.1) is 0 Å². The van der Waals surface area contributed by atoms with E-state index < -0.39 is 29.1 Å². The summed E-state index contributed by atoms with van der Waals surface area (Å²) in [5, 5.41) is 3.32. The molecule has 0 aliphatic carbocycles. The van der Waals surface area contributed by atoms with Crippen LogP contribution in [0.4, 0.5) is 27.0 Å². The average molecular weight is 711 g/mol. The Labute approximate surface area is 300 Å². The van der Waals surface area contributed by atoms with Gasteiger partial charge in [-0.2, -0.15) is 15.0 Å². The number of halogens is 1. The maximum absolute atomic E-state index is 13.9. The molecule has 0 bridgehead atoms. The summed E-state index contributed by atoms with van der Waals surface area (Å²) in [5.74, 6) is -0.365. The number of carbonyl (C=O) groups excluding carboxylic acids is 2. The van der Waals surface area contributed by atoms with Crippen molar-refractivity contribution in [2.75, 3.05) is 10.2 Å². The number of aromatic nitrogens is 4. The third kappa shape index (κ3) is 9.70. The van der Waals surface area contributed by atoms with Crippen molar-refractivity contribution in [1.29, 1.82) is 0 Å². The van der Waals surface area contributed by atoms with Crippen molar-refractivity contribution < 1.29 is 23.8 Å². The number of hydrogen-bond acceptors (Lipinski definition) is 9. The molecule has 0 unspecified atom stereocenters. The van der Waals surface area contributed by atoms with E-state index >= 15 is 0 Å². The summed E-state index contributed by atoms with van der Waals surface area (Å²) in [6.45, 7) is 10.4. The van der Waals surface area contributed by atoms with Crippen molar-refractivity contribution in [3.8, 4) is 5.88 Å². The van der Waals surface area contributed by atoms with Crippen LogP contribution in [0.1, 0.15) is 58.2 Å². The van der Waals surface area contributed by atoms with Gasteiger partial charge in [-0.25, -0.2) is 19.3 Å². The molecule has 2 heterocycles. The van der Waals surface area contributed by atoms with Crippen molar-refractivity contribution in [2.24, 2.45) is 7.05 Å². The van der Waals surface area contributed by atoms with E-state index in [4.69, 9.17) is 25.8 Å². The Balaban J connectivity index is 1.64. The van der Waals surface area contributed by atoms with E-state index in [0.717, 1.165) is 16.7 Å². The van der Waals surface area contributed by atoms with Gasteiger partial charge in [0.2, 0.25) is 11.8 Å². The number of nitrogens with one attached hydrogen (secondary N) is 1. The number of nitrogens with zero attached hydrogens (tertiary/aromatic N) is 5. The first-order chi connectivity index (χ1) is 24.1. The van der Waals surface area contributed by atoms with E-state index in [1.165, 1.54) is 16.5 Å². The smallest absolute Gasteiger partial charge is 0.421 e.